The van der Waals surface area contributed by atoms with E-state index in [1.807, 2.05) is 18.2 Å². The highest BCUT2D eigenvalue weighted by Gasteiger charge is 2.39. The Hall–Kier alpha value is -2.22. The minimum atomic E-state index is -0.406. The second kappa shape index (κ2) is 9.73. The van der Waals surface area contributed by atoms with Crippen molar-refractivity contribution >= 4 is 34.4 Å². The lowest BCUT2D eigenvalue weighted by molar-refractivity contribution is -0.129. The number of benzene rings is 1. The highest BCUT2D eigenvalue weighted by molar-refractivity contribution is 8.15. The SMILES string of the molecule is O=C(CC1SC(=Nc2ccc3c(c2)OCCO3)N(CCCC2CCCC2)C1=O)NC1CC1. The quantitative estimate of drug-likeness (QED) is 0.638. The Kier molecular flexibility index (Phi) is 6.57. The fourth-order valence-corrected chi connectivity index (χ4v) is 5.85. The first kappa shape index (κ1) is 21.6. The predicted octanol–water partition coefficient (Wildman–Crippen LogP) is 4.03. The smallest absolute Gasteiger partial charge is 0.242 e. The van der Waals surface area contributed by atoms with Crippen molar-refractivity contribution in [2.45, 2.75) is 69.1 Å². The van der Waals surface area contributed by atoms with Crippen LogP contribution in [-0.4, -0.2) is 52.9 Å². The fraction of sp³-hybridized carbons (Fsp3) is 0.625. The maximum atomic E-state index is 13.2. The van der Waals surface area contributed by atoms with Crippen LogP contribution in [0.15, 0.2) is 23.2 Å². The van der Waals surface area contributed by atoms with Gasteiger partial charge in [-0.2, -0.15) is 0 Å². The zero-order valence-corrected chi connectivity index (χ0v) is 19.2. The molecule has 2 aliphatic carbocycles. The van der Waals surface area contributed by atoms with Crippen LogP contribution in [0.3, 0.4) is 0 Å². The highest BCUT2D eigenvalue weighted by Crippen LogP contribution is 2.37. The lowest BCUT2D eigenvalue weighted by atomic mass is 10.0. The molecular formula is C24H31N3O4S. The van der Waals surface area contributed by atoms with Crippen LogP contribution < -0.4 is 14.8 Å². The monoisotopic (exact) mass is 457 g/mol. The van der Waals surface area contributed by atoms with Gasteiger partial charge in [0.25, 0.3) is 0 Å². The van der Waals surface area contributed by atoms with Crippen LogP contribution in [0.4, 0.5) is 5.69 Å². The van der Waals surface area contributed by atoms with Crippen LogP contribution in [0.25, 0.3) is 0 Å². The Labute approximate surface area is 193 Å². The van der Waals surface area contributed by atoms with E-state index in [-0.39, 0.29) is 18.2 Å². The molecule has 1 saturated heterocycles. The van der Waals surface area contributed by atoms with Crippen LogP contribution in [0.1, 0.15) is 57.8 Å². The molecule has 2 heterocycles. The van der Waals surface area contributed by atoms with Gasteiger partial charge in [-0.05, 0) is 43.7 Å². The second-order valence-corrected chi connectivity index (χ2v) is 10.3. The van der Waals surface area contributed by atoms with Crippen molar-refractivity contribution in [2.24, 2.45) is 10.9 Å². The van der Waals surface area contributed by atoms with E-state index in [9.17, 15) is 9.59 Å². The summed E-state index contributed by atoms with van der Waals surface area (Å²) in [7, 11) is 0. The van der Waals surface area contributed by atoms with E-state index in [1.165, 1.54) is 37.4 Å². The number of ether oxygens (including phenoxy) is 2. The summed E-state index contributed by atoms with van der Waals surface area (Å²) in [5.74, 6) is 2.16. The summed E-state index contributed by atoms with van der Waals surface area (Å²) in [5.41, 5.74) is 0.730. The molecule has 1 aromatic rings. The van der Waals surface area contributed by atoms with Crippen molar-refractivity contribution in [3.05, 3.63) is 18.2 Å². The molecule has 172 valence electrons. The number of fused-ring (bicyclic) bond motifs is 1. The van der Waals surface area contributed by atoms with E-state index in [2.05, 4.69) is 5.32 Å². The zero-order chi connectivity index (χ0) is 21.9. The third-order valence-electron chi connectivity index (χ3n) is 6.55. The molecule has 0 radical (unpaired) electrons. The molecule has 0 spiro atoms. The fourth-order valence-electron chi connectivity index (χ4n) is 4.66. The topological polar surface area (TPSA) is 80.2 Å². The van der Waals surface area contributed by atoms with Crippen LogP contribution >= 0.6 is 11.8 Å². The van der Waals surface area contributed by atoms with Gasteiger partial charge in [-0.15, -0.1) is 0 Å². The summed E-state index contributed by atoms with van der Waals surface area (Å²) in [6, 6.07) is 5.91. The summed E-state index contributed by atoms with van der Waals surface area (Å²) in [6.45, 7) is 1.72. The number of carbonyl (C=O) groups is 2. The van der Waals surface area contributed by atoms with Gasteiger partial charge in [0.1, 0.15) is 18.5 Å². The van der Waals surface area contributed by atoms with Gasteiger partial charge in [0.15, 0.2) is 16.7 Å². The molecule has 5 rings (SSSR count). The standard InChI is InChI=1S/C24H31N3O4S/c28-22(25-17-7-8-17)15-21-23(29)27(11-3-6-16-4-1-2-5-16)24(32-21)26-18-9-10-19-20(14-18)31-13-12-30-19/h9-10,14,16-17,21H,1-8,11-13,15H2,(H,25,28). The van der Waals surface area contributed by atoms with E-state index < -0.39 is 5.25 Å². The number of amides is 2. The number of nitrogens with zero attached hydrogens (tertiary/aromatic N) is 2. The second-order valence-electron chi connectivity index (χ2n) is 9.16. The molecule has 1 atom stereocenters. The molecule has 0 bridgehead atoms. The van der Waals surface area contributed by atoms with Crippen LogP contribution in [0.5, 0.6) is 11.5 Å². The summed E-state index contributed by atoms with van der Waals surface area (Å²) < 4.78 is 11.3. The molecule has 4 aliphatic rings. The van der Waals surface area contributed by atoms with E-state index in [0.29, 0.717) is 36.7 Å². The number of thioether (sulfide) groups is 1. The van der Waals surface area contributed by atoms with Crippen LogP contribution in [0, 0.1) is 5.92 Å². The van der Waals surface area contributed by atoms with Gasteiger partial charge < -0.3 is 14.8 Å². The Balaban J connectivity index is 1.30. The number of nitrogens with one attached hydrogen (secondary N) is 1. The minimum absolute atomic E-state index is 0.00339. The number of aliphatic imine (C=N–C) groups is 1. The van der Waals surface area contributed by atoms with Gasteiger partial charge >= 0.3 is 0 Å². The Morgan fingerprint density at radius 1 is 1.12 bits per heavy atom. The Bertz CT molecular complexity index is 895. The molecule has 32 heavy (non-hydrogen) atoms. The third kappa shape index (κ3) is 5.22. The maximum absolute atomic E-state index is 13.2. The van der Waals surface area contributed by atoms with Crippen molar-refractivity contribution in [1.82, 2.24) is 10.2 Å². The number of hydrogen-bond donors (Lipinski definition) is 1. The van der Waals surface area contributed by atoms with E-state index in [4.69, 9.17) is 14.5 Å². The molecule has 8 heteroatoms. The summed E-state index contributed by atoms with van der Waals surface area (Å²) in [5, 5.41) is 3.28. The van der Waals surface area contributed by atoms with Crippen molar-refractivity contribution in [3.63, 3.8) is 0 Å². The molecule has 2 saturated carbocycles. The number of carbonyl (C=O) groups excluding carboxylic acids is 2. The van der Waals surface area contributed by atoms with Gasteiger partial charge in [-0.3, -0.25) is 14.5 Å². The molecule has 2 aliphatic heterocycles. The molecule has 2 amide bonds. The van der Waals surface area contributed by atoms with Gasteiger partial charge in [0, 0.05) is 25.1 Å². The molecule has 1 N–H and O–H groups in total. The van der Waals surface area contributed by atoms with Crippen LogP contribution in [-0.2, 0) is 9.59 Å². The Morgan fingerprint density at radius 3 is 2.69 bits per heavy atom. The lowest BCUT2D eigenvalue weighted by Crippen LogP contribution is -2.35. The predicted molar refractivity (Wildman–Crippen MR) is 125 cm³/mol. The molecule has 0 aromatic heterocycles. The number of rotatable bonds is 8. The largest absolute Gasteiger partial charge is 0.486 e. The highest BCUT2D eigenvalue weighted by atomic mass is 32.2. The van der Waals surface area contributed by atoms with Crippen molar-refractivity contribution in [3.8, 4) is 11.5 Å². The van der Waals surface area contributed by atoms with E-state index in [0.717, 1.165) is 43.0 Å². The molecular weight excluding hydrogens is 426 g/mol. The van der Waals surface area contributed by atoms with Gasteiger partial charge in [0.05, 0.1) is 5.69 Å². The molecule has 7 nitrogen and oxygen atoms in total. The minimum Gasteiger partial charge on any atom is -0.486 e. The van der Waals surface area contributed by atoms with Crippen molar-refractivity contribution in [2.75, 3.05) is 19.8 Å². The first-order chi connectivity index (χ1) is 15.7. The Morgan fingerprint density at radius 2 is 1.91 bits per heavy atom. The van der Waals surface area contributed by atoms with E-state index in [1.54, 1.807) is 4.90 Å². The van der Waals surface area contributed by atoms with Crippen molar-refractivity contribution in [1.29, 1.82) is 0 Å². The lowest BCUT2D eigenvalue weighted by Gasteiger charge is -2.19. The first-order valence-corrected chi connectivity index (χ1v) is 12.8. The van der Waals surface area contributed by atoms with Gasteiger partial charge in [-0.25, -0.2) is 4.99 Å². The first-order valence-electron chi connectivity index (χ1n) is 11.9. The average molecular weight is 458 g/mol. The van der Waals surface area contributed by atoms with E-state index >= 15 is 0 Å². The summed E-state index contributed by atoms with van der Waals surface area (Å²) in [6.07, 6.45) is 9.70. The third-order valence-corrected chi connectivity index (χ3v) is 7.73. The summed E-state index contributed by atoms with van der Waals surface area (Å²) >= 11 is 1.41. The number of hydrogen-bond acceptors (Lipinski definition) is 6. The van der Waals surface area contributed by atoms with Gasteiger partial charge in [-0.1, -0.05) is 37.4 Å². The van der Waals surface area contributed by atoms with Crippen LogP contribution in [0.2, 0.25) is 0 Å². The normalized spacial score (nSPS) is 24.4. The average Bonchev–Trinajstić information content (AvgIpc) is 3.36. The molecule has 1 aromatic carbocycles. The molecule has 3 fully saturated rings. The number of amidine groups is 1. The van der Waals surface area contributed by atoms with Crippen molar-refractivity contribution < 1.29 is 19.1 Å². The summed E-state index contributed by atoms with van der Waals surface area (Å²) in [4.78, 5) is 32.1. The maximum Gasteiger partial charge on any atom is 0.242 e. The van der Waals surface area contributed by atoms with Gasteiger partial charge in [0.2, 0.25) is 11.8 Å². The zero-order valence-electron chi connectivity index (χ0n) is 18.4. The molecule has 1 unspecified atom stereocenters.